The zero-order chi connectivity index (χ0) is 21.9. The number of amides is 1. The number of pyridine rings is 2. The third kappa shape index (κ3) is 4.34. The van der Waals surface area contributed by atoms with Crippen molar-refractivity contribution in [1.82, 2.24) is 25.0 Å². The van der Waals surface area contributed by atoms with E-state index in [1.165, 1.54) is 5.56 Å². The van der Waals surface area contributed by atoms with Crippen LogP contribution in [0.3, 0.4) is 0 Å². The van der Waals surface area contributed by atoms with Gasteiger partial charge >= 0.3 is 0 Å². The second-order valence-corrected chi connectivity index (χ2v) is 8.51. The quantitative estimate of drug-likeness (QED) is 0.631. The number of carbonyl (C=O) groups is 1. The Bertz CT molecular complexity index is 1060. The van der Waals surface area contributed by atoms with E-state index in [4.69, 9.17) is 15.2 Å². The number of rotatable bonds is 6. The lowest BCUT2D eigenvalue weighted by molar-refractivity contribution is -0.122. The molecule has 0 bridgehead atoms. The Labute approximate surface area is 186 Å². The number of anilines is 1. The lowest BCUT2D eigenvalue weighted by Gasteiger charge is -2.31. The van der Waals surface area contributed by atoms with Gasteiger partial charge in [0.15, 0.2) is 0 Å². The second kappa shape index (κ2) is 9.04. The fourth-order valence-electron chi connectivity index (χ4n) is 4.63. The summed E-state index contributed by atoms with van der Waals surface area (Å²) in [6.45, 7) is 3.36. The van der Waals surface area contributed by atoms with Gasteiger partial charge in [-0.1, -0.05) is 5.16 Å². The number of carbonyl (C=O) groups excluding carboxylic acids is 1. The predicted molar refractivity (Wildman–Crippen MR) is 118 cm³/mol. The van der Waals surface area contributed by atoms with Crippen LogP contribution in [0.2, 0.25) is 0 Å². The van der Waals surface area contributed by atoms with Crippen LogP contribution in [0.5, 0.6) is 0 Å². The first-order valence-electron chi connectivity index (χ1n) is 11.1. The maximum absolute atomic E-state index is 11.4. The summed E-state index contributed by atoms with van der Waals surface area (Å²) in [5.74, 6) is 1.84. The van der Waals surface area contributed by atoms with Crippen molar-refractivity contribution < 1.29 is 9.32 Å². The zero-order valence-electron chi connectivity index (χ0n) is 17.9. The van der Waals surface area contributed by atoms with E-state index in [2.05, 4.69) is 24.9 Å². The Hall–Kier alpha value is -3.33. The summed E-state index contributed by atoms with van der Waals surface area (Å²) in [4.78, 5) is 29.3. The molecular weight excluding hydrogens is 406 g/mol. The van der Waals surface area contributed by atoms with Crippen molar-refractivity contribution in [2.24, 2.45) is 11.7 Å². The minimum atomic E-state index is -0.212. The fraction of sp³-hybridized carbons (Fsp3) is 0.435. The van der Waals surface area contributed by atoms with Crippen LogP contribution in [0.4, 0.5) is 5.82 Å². The van der Waals surface area contributed by atoms with E-state index in [0.717, 1.165) is 63.2 Å². The summed E-state index contributed by atoms with van der Waals surface area (Å²) in [5.41, 5.74) is 7.56. The highest BCUT2D eigenvalue weighted by atomic mass is 16.5. The maximum Gasteiger partial charge on any atom is 0.244 e. The molecule has 2 saturated heterocycles. The molecule has 9 heteroatoms. The maximum atomic E-state index is 11.4. The molecule has 0 radical (unpaired) electrons. The van der Waals surface area contributed by atoms with Gasteiger partial charge in [0.2, 0.25) is 17.6 Å². The molecule has 3 aromatic rings. The Morgan fingerprint density at radius 2 is 1.91 bits per heavy atom. The van der Waals surface area contributed by atoms with Gasteiger partial charge in [-0.15, -0.1) is 0 Å². The first-order valence-corrected chi connectivity index (χ1v) is 11.1. The minimum Gasteiger partial charge on any atom is -0.369 e. The number of nitrogens with two attached hydrogens (primary N) is 1. The number of hydrogen-bond donors (Lipinski definition) is 1. The topological polar surface area (TPSA) is 114 Å². The molecule has 32 heavy (non-hydrogen) atoms. The average molecular weight is 434 g/mol. The van der Waals surface area contributed by atoms with Gasteiger partial charge in [-0.3, -0.25) is 14.7 Å². The van der Waals surface area contributed by atoms with Crippen LogP contribution >= 0.6 is 0 Å². The standard InChI is InChI=1S/C23H27N7O2/c24-21(31)17-6-12-29(13-7-17)20-14-18(5-10-26-20)22-27-23(32-28-22)19-2-1-11-30(19)15-16-3-8-25-9-4-16/h3-5,8-10,14,17,19H,1-2,6-7,11-13,15H2,(H2,24,31). The van der Waals surface area contributed by atoms with E-state index >= 15 is 0 Å². The molecule has 0 aromatic carbocycles. The average Bonchev–Trinajstić information content (AvgIpc) is 3.49. The van der Waals surface area contributed by atoms with E-state index < -0.39 is 0 Å². The van der Waals surface area contributed by atoms with Crippen molar-refractivity contribution >= 4 is 11.7 Å². The molecule has 2 aliphatic heterocycles. The Kier molecular flexibility index (Phi) is 5.81. The van der Waals surface area contributed by atoms with E-state index in [1.54, 1.807) is 6.20 Å². The van der Waals surface area contributed by atoms with Crippen LogP contribution in [-0.2, 0) is 11.3 Å². The molecule has 1 atom stereocenters. The monoisotopic (exact) mass is 433 g/mol. The van der Waals surface area contributed by atoms with Crippen molar-refractivity contribution in [3.05, 3.63) is 54.3 Å². The largest absolute Gasteiger partial charge is 0.369 e. The predicted octanol–water partition coefficient (Wildman–Crippen LogP) is 2.57. The summed E-state index contributed by atoms with van der Waals surface area (Å²) >= 11 is 0. The fourth-order valence-corrected chi connectivity index (χ4v) is 4.63. The number of nitrogens with zero attached hydrogens (tertiary/aromatic N) is 6. The highest BCUT2D eigenvalue weighted by molar-refractivity contribution is 5.77. The number of primary amides is 1. The van der Waals surface area contributed by atoms with E-state index in [-0.39, 0.29) is 17.9 Å². The van der Waals surface area contributed by atoms with Crippen molar-refractivity contribution in [3.63, 3.8) is 0 Å². The lowest BCUT2D eigenvalue weighted by Crippen LogP contribution is -2.38. The van der Waals surface area contributed by atoms with Crippen molar-refractivity contribution in [3.8, 4) is 11.4 Å². The van der Waals surface area contributed by atoms with Crippen LogP contribution in [0.15, 0.2) is 47.4 Å². The normalized spacial score (nSPS) is 20.0. The molecule has 5 rings (SSSR count). The van der Waals surface area contributed by atoms with Gasteiger partial charge < -0.3 is 15.2 Å². The lowest BCUT2D eigenvalue weighted by atomic mass is 9.96. The third-order valence-corrected chi connectivity index (χ3v) is 6.45. The van der Waals surface area contributed by atoms with Crippen molar-refractivity contribution in [2.45, 2.75) is 38.3 Å². The number of piperidine rings is 1. The van der Waals surface area contributed by atoms with Crippen LogP contribution < -0.4 is 10.6 Å². The SMILES string of the molecule is NC(=O)C1CCN(c2cc(-c3noc(C4CCCN4Cc4ccncc4)n3)ccn2)CC1. The second-order valence-electron chi connectivity index (χ2n) is 8.51. The molecule has 166 valence electrons. The van der Waals surface area contributed by atoms with Gasteiger partial charge in [-0.25, -0.2) is 4.98 Å². The zero-order valence-corrected chi connectivity index (χ0v) is 17.9. The number of likely N-dealkylation sites (tertiary alicyclic amines) is 1. The summed E-state index contributed by atoms with van der Waals surface area (Å²) in [5, 5.41) is 4.26. The molecule has 1 amide bonds. The Morgan fingerprint density at radius 3 is 2.69 bits per heavy atom. The molecule has 1 unspecified atom stereocenters. The van der Waals surface area contributed by atoms with E-state index in [1.807, 2.05) is 36.7 Å². The summed E-state index contributed by atoms with van der Waals surface area (Å²) in [6.07, 6.45) is 9.03. The van der Waals surface area contributed by atoms with Gasteiger partial charge in [-0.2, -0.15) is 4.98 Å². The molecule has 0 saturated carbocycles. The molecule has 0 spiro atoms. The van der Waals surface area contributed by atoms with Crippen LogP contribution in [0.1, 0.15) is 43.2 Å². The highest BCUT2D eigenvalue weighted by Crippen LogP contribution is 2.33. The molecular formula is C23H27N7O2. The third-order valence-electron chi connectivity index (χ3n) is 6.45. The van der Waals surface area contributed by atoms with Gasteiger partial charge in [0.05, 0.1) is 6.04 Å². The van der Waals surface area contributed by atoms with Crippen LogP contribution in [0.25, 0.3) is 11.4 Å². The summed E-state index contributed by atoms with van der Waals surface area (Å²) < 4.78 is 5.70. The van der Waals surface area contributed by atoms with Gasteiger partial charge in [0.25, 0.3) is 0 Å². The molecule has 0 aliphatic carbocycles. The number of aromatic nitrogens is 4. The Morgan fingerprint density at radius 1 is 1.09 bits per heavy atom. The van der Waals surface area contributed by atoms with Crippen molar-refractivity contribution in [1.29, 1.82) is 0 Å². The first-order chi connectivity index (χ1) is 15.7. The van der Waals surface area contributed by atoms with E-state index in [0.29, 0.717) is 11.7 Å². The Balaban J connectivity index is 1.29. The molecule has 2 fully saturated rings. The molecule has 9 nitrogen and oxygen atoms in total. The van der Waals surface area contributed by atoms with Gasteiger partial charge in [0.1, 0.15) is 5.82 Å². The summed E-state index contributed by atoms with van der Waals surface area (Å²) in [6, 6.07) is 8.09. The molecule has 2 N–H and O–H groups in total. The van der Waals surface area contributed by atoms with E-state index in [9.17, 15) is 4.79 Å². The van der Waals surface area contributed by atoms with Crippen molar-refractivity contribution in [2.75, 3.05) is 24.5 Å². The molecule has 5 heterocycles. The first kappa shape index (κ1) is 20.6. The molecule has 3 aromatic heterocycles. The highest BCUT2D eigenvalue weighted by Gasteiger charge is 2.31. The smallest absolute Gasteiger partial charge is 0.244 e. The van der Waals surface area contributed by atoms with Crippen LogP contribution in [-0.4, -0.2) is 50.5 Å². The van der Waals surface area contributed by atoms with Crippen LogP contribution in [0, 0.1) is 5.92 Å². The summed E-state index contributed by atoms with van der Waals surface area (Å²) in [7, 11) is 0. The minimum absolute atomic E-state index is 0.0456. The number of hydrogen-bond acceptors (Lipinski definition) is 8. The molecule has 2 aliphatic rings. The van der Waals surface area contributed by atoms with Gasteiger partial charge in [-0.05, 0) is 62.1 Å². The van der Waals surface area contributed by atoms with Gasteiger partial charge in [0, 0.05) is 49.7 Å².